The van der Waals surface area contributed by atoms with Crippen LogP contribution < -0.4 is 5.32 Å². The number of likely N-dealkylation sites (N-methyl/N-ethyl adjacent to an activating group) is 1. The standard InChI is InChI=1S/C38H58N4O5/c1-5-14-31(38(47)40-33(24-29-15-8-6-9-16-29)37(46)34(43)23-28(2)3)25-35(44)42(26-30-17-10-7-11-18-30)27-36(45)41(4)22-20-32-19-12-13-21-39-32/h7,10-13,17-19,21,28-29,31,33-34,37,43,46H,5-6,8-9,14-16,20,22-27H2,1-4H3,(H,40,47)/t31-,33+,34+,37-/m1/s1. The summed E-state index contributed by atoms with van der Waals surface area (Å²) in [5.41, 5.74) is 1.79. The fourth-order valence-electron chi connectivity index (χ4n) is 6.54. The zero-order valence-corrected chi connectivity index (χ0v) is 29.0. The minimum absolute atomic E-state index is 0.0434. The van der Waals surface area contributed by atoms with Crippen LogP contribution in [-0.2, 0) is 27.3 Å². The fourth-order valence-corrected chi connectivity index (χ4v) is 6.54. The summed E-state index contributed by atoms with van der Waals surface area (Å²) in [6.45, 7) is 6.60. The zero-order valence-electron chi connectivity index (χ0n) is 29.0. The molecule has 1 heterocycles. The van der Waals surface area contributed by atoms with Crippen LogP contribution in [0.25, 0.3) is 0 Å². The minimum atomic E-state index is -1.09. The van der Waals surface area contributed by atoms with Gasteiger partial charge in [0.2, 0.25) is 17.7 Å². The van der Waals surface area contributed by atoms with Crippen LogP contribution in [0.2, 0.25) is 0 Å². The fraction of sp³-hybridized carbons (Fsp3) is 0.632. The van der Waals surface area contributed by atoms with E-state index < -0.39 is 24.2 Å². The molecule has 3 rings (SSSR count). The summed E-state index contributed by atoms with van der Waals surface area (Å²) in [6.07, 6.45) is 8.07. The molecule has 2 aromatic rings. The van der Waals surface area contributed by atoms with E-state index in [1.165, 1.54) is 6.42 Å². The van der Waals surface area contributed by atoms with Crippen molar-refractivity contribution in [1.82, 2.24) is 20.1 Å². The molecule has 9 heteroatoms. The Morgan fingerprint density at radius 2 is 1.68 bits per heavy atom. The van der Waals surface area contributed by atoms with E-state index in [-0.39, 0.29) is 43.1 Å². The highest BCUT2D eigenvalue weighted by atomic mass is 16.3. The molecule has 1 aromatic carbocycles. The number of nitrogens with zero attached hydrogens (tertiary/aromatic N) is 3. The van der Waals surface area contributed by atoms with Crippen molar-refractivity contribution >= 4 is 17.7 Å². The zero-order chi connectivity index (χ0) is 34.2. The van der Waals surface area contributed by atoms with E-state index in [1.54, 1.807) is 23.0 Å². The molecule has 1 aliphatic rings. The van der Waals surface area contributed by atoms with Crippen LogP contribution in [0.5, 0.6) is 0 Å². The molecule has 0 spiro atoms. The number of hydrogen-bond acceptors (Lipinski definition) is 6. The summed E-state index contributed by atoms with van der Waals surface area (Å²) in [6, 6.07) is 14.7. The number of aliphatic hydroxyl groups is 2. The number of benzene rings is 1. The van der Waals surface area contributed by atoms with Gasteiger partial charge in [-0.15, -0.1) is 0 Å². The first-order chi connectivity index (χ1) is 22.6. The van der Waals surface area contributed by atoms with Crippen molar-refractivity contribution in [2.45, 2.75) is 116 Å². The van der Waals surface area contributed by atoms with E-state index in [0.29, 0.717) is 44.6 Å². The molecule has 1 fully saturated rings. The number of carbonyl (C=O) groups is 3. The van der Waals surface area contributed by atoms with Gasteiger partial charge >= 0.3 is 0 Å². The van der Waals surface area contributed by atoms with Gasteiger partial charge in [0.05, 0.1) is 12.1 Å². The largest absolute Gasteiger partial charge is 0.390 e. The molecule has 1 aliphatic carbocycles. The quantitative estimate of drug-likeness (QED) is 0.194. The molecule has 0 aliphatic heterocycles. The second-order valence-electron chi connectivity index (χ2n) is 13.9. The van der Waals surface area contributed by atoms with Crippen LogP contribution in [0.15, 0.2) is 54.7 Å². The lowest BCUT2D eigenvalue weighted by Crippen LogP contribution is -2.51. The Kier molecular flexibility index (Phi) is 16.4. The van der Waals surface area contributed by atoms with Crippen molar-refractivity contribution in [1.29, 1.82) is 0 Å². The summed E-state index contributed by atoms with van der Waals surface area (Å²) in [4.78, 5) is 48.6. The van der Waals surface area contributed by atoms with Crippen LogP contribution in [0.4, 0.5) is 0 Å². The molecule has 1 aromatic heterocycles. The molecular weight excluding hydrogens is 592 g/mol. The van der Waals surface area contributed by atoms with E-state index in [2.05, 4.69) is 10.3 Å². The molecule has 9 nitrogen and oxygen atoms in total. The van der Waals surface area contributed by atoms with Crippen molar-refractivity contribution in [3.05, 3.63) is 66.0 Å². The predicted molar refractivity (Wildman–Crippen MR) is 185 cm³/mol. The van der Waals surface area contributed by atoms with Gasteiger partial charge < -0.3 is 25.3 Å². The smallest absolute Gasteiger partial charge is 0.241 e. The molecule has 3 amide bonds. The normalized spacial score (nSPS) is 16.2. The van der Waals surface area contributed by atoms with Gasteiger partial charge in [0.1, 0.15) is 12.6 Å². The third kappa shape index (κ3) is 13.4. The van der Waals surface area contributed by atoms with E-state index >= 15 is 0 Å². The van der Waals surface area contributed by atoms with Gasteiger partial charge in [0.15, 0.2) is 0 Å². The second kappa shape index (κ2) is 20.2. The Labute approximate surface area is 282 Å². The van der Waals surface area contributed by atoms with Gasteiger partial charge in [-0.1, -0.05) is 95.7 Å². The lowest BCUT2D eigenvalue weighted by molar-refractivity contribution is -0.142. The van der Waals surface area contributed by atoms with Gasteiger partial charge in [-0.25, -0.2) is 0 Å². The van der Waals surface area contributed by atoms with Gasteiger partial charge in [-0.2, -0.15) is 0 Å². The molecule has 3 N–H and O–H groups in total. The molecule has 0 unspecified atom stereocenters. The van der Waals surface area contributed by atoms with Crippen LogP contribution in [0.3, 0.4) is 0 Å². The summed E-state index contributed by atoms with van der Waals surface area (Å²) in [5.74, 6) is -0.775. The molecule has 1 saturated carbocycles. The lowest BCUT2D eigenvalue weighted by atomic mass is 9.82. The minimum Gasteiger partial charge on any atom is -0.390 e. The number of aliphatic hydroxyl groups excluding tert-OH is 2. The highest BCUT2D eigenvalue weighted by molar-refractivity contribution is 5.88. The average molecular weight is 651 g/mol. The maximum Gasteiger partial charge on any atom is 0.241 e. The van der Waals surface area contributed by atoms with Crippen LogP contribution in [0, 0.1) is 17.8 Å². The molecule has 0 radical (unpaired) electrons. The Hall–Kier alpha value is -3.30. The van der Waals surface area contributed by atoms with E-state index in [1.807, 2.05) is 69.3 Å². The van der Waals surface area contributed by atoms with Gasteiger partial charge in [-0.3, -0.25) is 19.4 Å². The Bertz CT molecular complexity index is 1210. The molecule has 47 heavy (non-hydrogen) atoms. The number of carbonyl (C=O) groups excluding carboxylic acids is 3. The second-order valence-corrected chi connectivity index (χ2v) is 13.9. The first-order valence-electron chi connectivity index (χ1n) is 17.7. The molecule has 260 valence electrons. The number of amides is 3. The van der Waals surface area contributed by atoms with Crippen molar-refractivity contribution < 1.29 is 24.6 Å². The molecular formula is C38H58N4O5. The van der Waals surface area contributed by atoms with Crippen LogP contribution >= 0.6 is 0 Å². The average Bonchev–Trinajstić information content (AvgIpc) is 3.07. The third-order valence-electron chi connectivity index (χ3n) is 9.34. The van der Waals surface area contributed by atoms with Gasteiger partial charge in [-0.05, 0) is 48.8 Å². The van der Waals surface area contributed by atoms with E-state index in [9.17, 15) is 24.6 Å². The summed E-state index contributed by atoms with van der Waals surface area (Å²) < 4.78 is 0. The third-order valence-corrected chi connectivity index (χ3v) is 9.34. The van der Waals surface area contributed by atoms with Crippen LogP contribution in [-0.4, -0.2) is 81.1 Å². The topological polar surface area (TPSA) is 123 Å². The predicted octanol–water partition coefficient (Wildman–Crippen LogP) is 5.14. The number of nitrogens with one attached hydrogen (secondary N) is 1. The summed E-state index contributed by atoms with van der Waals surface area (Å²) >= 11 is 0. The van der Waals surface area contributed by atoms with Gasteiger partial charge in [0.25, 0.3) is 0 Å². The first kappa shape index (κ1) is 38.2. The van der Waals surface area contributed by atoms with Crippen molar-refractivity contribution in [2.75, 3.05) is 20.1 Å². The molecule has 4 atom stereocenters. The van der Waals surface area contributed by atoms with Crippen molar-refractivity contribution in [3.8, 4) is 0 Å². The Balaban J connectivity index is 1.73. The molecule has 0 bridgehead atoms. The SMILES string of the molecule is CCC[C@H](CC(=O)N(CC(=O)N(C)CCc1ccccn1)Cc1ccccc1)C(=O)N[C@@H](CC1CCCCC1)[C@@H](O)[C@@H](O)CC(C)C. The summed E-state index contributed by atoms with van der Waals surface area (Å²) in [7, 11) is 1.73. The Morgan fingerprint density at radius 3 is 2.32 bits per heavy atom. The highest BCUT2D eigenvalue weighted by Crippen LogP contribution is 2.29. The number of rotatable bonds is 19. The maximum absolute atomic E-state index is 13.9. The number of pyridine rings is 1. The first-order valence-corrected chi connectivity index (χ1v) is 17.7. The lowest BCUT2D eigenvalue weighted by Gasteiger charge is -2.34. The Morgan fingerprint density at radius 1 is 0.979 bits per heavy atom. The summed E-state index contributed by atoms with van der Waals surface area (Å²) in [5, 5.41) is 25.2. The maximum atomic E-state index is 13.9. The monoisotopic (exact) mass is 650 g/mol. The van der Waals surface area contributed by atoms with E-state index in [4.69, 9.17) is 0 Å². The highest BCUT2D eigenvalue weighted by Gasteiger charge is 2.34. The number of hydrogen-bond donors (Lipinski definition) is 3. The van der Waals surface area contributed by atoms with Crippen LogP contribution in [0.1, 0.15) is 96.2 Å². The number of aromatic nitrogens is 1. The van der Waals surface area contributed by atoms with E-state index in [0.717, 1.165) is 36.9 Å². The van der Waals surface area contributed by atoms with Crippen molar-refractivity contribution in [2.24, 2.45) is 17.8 Å². The van der Waals surface area contributed by atoms with Gasteiger partial charge in [0, 0.05) is 50.8 Å². The molecule has 0 saturated heterocycles. The van der Waals surface area contributed by atoms with Crippen molar-refractivity contribution in [3.63, 3.8) is 0 Å².